The van der Waals surface area contributed by atoms with E-state index < -0.39 is 8.32 Å². The Morgan fingerprint density at radius 1 is 0.846 bits per heavy atom. The van der Waals surface area contributed by atoms with Crippen molar-refractivity contribution in [2.45, 2.75) is 51.4 Å². The third-order valence-electron chi connectivity index (χ3n) is 5.17. The molecule has 2 nitrogen and oxygen atoms in total. The summed E-state index contributed by atoms with van der Waals surface area (Å²) in [7, 11) is -2.46. The van der Waals surface area contributed by atoms with Gasteiger partial charge in [0.15, 0.2) is 0 Å². The Hall–Kier alpha value is -1.68. The zero-order valence-electron chi connectivity index (χ0n) is 16.3. The molecule has 1 aliphatic heterocycles. The Morgan fingerprint density at radius 3 is 1.77 bits per heavy atom. The summed E-state index contributed by atoms with van der Waals surface area (Å²) in [6.45, 7) is 9.67. The monoisotopic (exact) mass is 366 g/mol. The van der Waals surface area contributed by atoms with E-state index in [0.29, 0.717) is 6.61 Å². The third-order valence-corrected chi connectivity index (χ3v) is 10.2. The normalized spacial score (nSPS) is 20.5. The minimum atomic E-state index is -2.46. The predicted molar refractivity (Wildman–Crippen MR) is 112 cm³/mol. The third kappa shape index (κ3) is 3.71. The van der Waals surface area contributed by atoms with E-state index in [4.69, 9.17) is 9.16 Å². The molecule has 0 aromatic heterocycles. The molecule has 0 radical (unpaired) electrons. The molecule has 1 aliphatic rings. The van der Waals surface area contributed by atoms with E-state index in [1.807, 2.05) is 0 Å². The van der Waals surface area contributed by atoms with E-state index in [0.717, 1.165) is 6.42 Å². The molecular weight excluding hydrogens is 336 g/mol. The Morgan fingerprint density at radius 2 is 1.35 bits per heavy atom. The predicted octanol–water partition coefficient (Wildman–Crippen LogP) is 4.30. The van der Waals surface area contributed by atoms with Gasteiger partial charge in [0.25, 0.3) is 8.32 Å². The van der Waals surface area contributed by atoms with E-state index in [1.54, 1.807) is 0 Å². The van der Waals surface area contributed by atoms with E-state index in [1.165, 1.54) is 10.4 Å². The van der Waals surface area contributed by atoms with E-state index in [9.17, 15) is 0 Å². The van der Waals surface area contributed by atoms with Crippen molar-refractivity contribution >= 4 is 18.7 Å². The minimum absolute atomic E-state index is 0.00217. The van der Waals surface area contributed by atoms with Crippen molar-refractivity contribution in [1.82, 2.24) is 0 Å². The molecule has 138 valence electrons. The second kappa shape index (κ2) is 7.91. The van der Waals surface area contributed by atoms with Crippen LogP contribution in [0.2, 0.25) is 5.04 Å². The Labute approximate surface area is 159 Å². The summed E-state index contributed by atoms with van der Waals surface area (Å²) >= 11 is 0. The fourth-order valence-electron chi connectivity index (χ4n) is 3.86. The summed E-state index contributed by atoms with van der Waals surface area (Å²) in [6, 6.07) is 21.5. The highest BCUT2D eigenvalue weighted by atomic mass is 28.4. The topological polar surface area (TPSA) is 18.5 Å². The zero-order chi connectivity index (χ0) is 18.6. The summed E-state index contributed by atoms with van der Waals surface area (Å²) in [5.74, 6) is 0. The molecule has 0 unspecified atom stereocenters. The molecule has 2 atom stereocenters. The second-order valence-corrected chi connectivity index (χ2v) is 12.3. The van der Waals surface area contributed by atoms with Crippen molar-refractivity contribution in [3.05, 3.63) is 72.8 Å². The number of rotatable bonds is 6. The Bertz CT molecular complexity index is 679. The highest BCUT2D eigenvalue weighted by Crippen LogP contribution is 2.37. The fraction of sp³-hybridized carbons (Fsp3) is 0.391. The lowest BCUT2D eigenvalue weighted by atomic mass is 10.2. The SMILES string of the molecule is CC[C@H]1C=C[C@@H](CO[Si](c2ccccc2)(c2ccccc2)C(C)(C)C)O1. The molecular formula is C23H30O2Si. The van der Waals surface area contributed by atoms with Crippen LogP contribution in [-0.2, 0) is 9.16 Å². The van der Waals surface area contributed by atoms with Gasteiger partial charge in [-0.05, 0) is 21.8 Å². The minimum Gasteiger partial charge on any atom is -0.404 e. The average molecular weight is 367 g/mol. The molecule has 0 amide bonds. The van der Waals surface area contributed by atoms with Crippen molar-refractivity contribution in [3.63, 3.8) is 0 Å². The maximum atomic E-state index is 6.91. The fourth-order valence-corrected chi connectivity index (χ4v) is 8.43. The largest absolute Gasteiger partial charge is 0.404 e. The molecule has 0 saturated heterocycles. The van der Waals surface area contributed by atoms with Crippen LogP contribution < -0.4 is 10.4 Å². The van der Waals surface area contributed by atoms with Gasteiger partial charge in [0.2, 0.25) is 0 Å². The first-order chi connectivity index (χ1) is 12.5. The molecule has 0 aliphatic carbocycles. The molecule has 0 fully saturated rings. The van der Waals surface area contributed by atoms with Gasteiger partial charge < -0.3 is 9.16 Å². The van der Waals surface area contributed by atoms with Gasteiger partial charge >= 0.3 is 0 Å². The van der Waals surface area contributed by atoms with Crippen molar-refractivity contribution in [2.75, 3.05) is 6.61 Å². The summed E-state index contributed by atoms with van der Waals surface area (Å²) in [4.78, 5) is 0. The number of benzene rings is 2. The molecule has 0 saturated carbocycles. The van der Waals surface area contributed by atoms with Gasteiger partial charge in [-0.1, -0.05) is 101 Å². The average Bonchev–Trinajstić information content (AvgIpc) is 3.11. The maximum Gasteiger partial charge on any atom is 0.261 e. The van der Waals surface area contributed by atoms with Crippen molar-refractivity contribution in [3.8, 4) is 0 Å². The van der Waals surface area contributed by atoms with Crippen LogP contribution >= 0.6 is 0 Å². The van der Waals surface area contributed by atoms with Crippen LogP contribution in [0.4, 0.5) is 0 Å². The molecule has 0 N–H and O–H groups in total. The first-order valence-corrected chi connectivity index (χ1v) is 11.5. The highest BCUT2D eigenvalue weighted by Gasteiger charge is 2.50. The lowest BCUT2D eigenvalue weighted by molar-refractivity contribution is 0.0285. The van der Waals surface area contributed by atoms with Crippen LogP contribution in [0.15, 0.2) is 72.8 Å². The lowest BCUT2D eigenvalue weighted by Crippen LogP contribution is -2.67. The van der Waals surface area contributed by atoms with Gasteiger partial charge in [-0.3, -0.25) is 0 Å². The van der Waals surface area contributed by atoms with E-state index in [-0.39, 0.29) is 17.2 Å². The van der Waals surface area contributed by atoms with E-state index >= 15 is 0 Å². The van der Waals surface area contributed by atoms with Crippen molar-refractivity contribution < 1.29 is 9.16 Å². The molecule has 3 rings (SSSR count). The van der Waals surface area contributed by atoms with Crippen LogP contribution in [0.5, 0.6) is 0 Å². The summed E-state index contributed by atoms with van der Waals surface area (Å²) in [5, 5.41) is 2.63. The lowest BCUT2D eigenvalue weighted by Gasteiger charge is -2.43. The molecule has 2 aromatic carbocycles. The zero-order valence-corrected chi connectivity index (χ0v) is 17.3. The van der Waals surface area contributed by atoms with E-state index in [2.05, 4.69) is 101 Å². The number of ether oxygens (including phenoxy) is 1. The first kappa shape index (κ1) is 19.1. The van der Waals surface area contributed by atoms with Gasteiger partial charge in [0.05, 0.1) is 18.8 Å². The van der Waals surface area contributed by atoms with Crippen LogP contribution in [-0.4, -0.2) is 27.1 Å². The van der Waals surface area contributed by atoms with Gasteiger partial charge in [0.1, 0.15) is 0 Å². The van der Waals surface area contributed by atoms with Crippen LogP contribution in [0.1, 0.15) is 34.1 Å². The van der Waals surface area contributed by atoms with Crippen LogP contribution in [0, 0.1) is 0 Å². The quantitative estimate of drug-likeness (QED) is 0.561. The summed E-state index contributed by atoms with van der Waals surface area (Å²) in [6.07, 6.45) is 5.60. The molecule has 0 spiro atoms. The standard InChI is InChI=1S/C23H30O2Si/c1-5-19-16-17-20(25-19)18-24-26(23(2,3)4,21-12-8-6-9-13-21)22-14-10-7-11-15-22/h6-17,19-20H,5,18H2,1-4H3/t19-,20-/m0/s1. The maximum absolute atomic E-state index is 6.91. The molecule has 2 aromatic rings. The Balaban J connectivity index is 1.99. The molecule has 1 heterocycles. The van der Waals surface area contributed by atoms with Crippen LogP contribution in [0.25, 0.3) is 0 Å². The van der Waals surface area contributed by atoms with Gasteiger partial charge in [0, 0.05) is 0 Å². The number of hydrogen-bond donors (Lipinski definition) is 0. The smallest absolute Gasteiger partial charge is 0.261 e. The molecule has 3 heteroatoms. The number of hydrogen-bond acceptors (Lipinski definition) is 2. The first-order valence-electron chi connectivity index (χ1n) is 9.56. The second-order valence-electron chi connectivity index (χ2n) is 7.98. The Kier molecular flexibility index (Phi) is 5.81. The highest BCUT2D eigenvalue weighted by molar-refractivity contribution is 6.99. The van der Waals surface area contributed by atoms with Crippen molar-refractivity contribution in [2.24, 2.45) is 0 Å². The summed E-state index contributed by atoms with van der Waals surface area (Å²) in [5.41, 5.74) is 0. The van der Waals surface area contributed by atoms with Crippen molar-refractivity contribution in [1.29, 1.82) is 0 Å². The summed E-state index contributed by atoms with van der Waals surface area (Å²) < 4.78 is 13.0. The van der Waals surface area contributed by atoms with Gasteiger partial charge in [-0.15, -0.1) is 0 Å². The molecule has 0 bridgehead atoms. The van der Waals surface area contributed by atoms with Gasteiger partial charge in [-0.2, -0.15) is 0 Å². The van der Waals surface area contributed by atoms with Crippen LogP contribution in [0.3, 0.4) is 0 Å². The molecule has 26 heavy (non-hydrogen) atoms. The van der Waals surface area contributed by atoms with Gasteiger partial charge in [-0.25, -0.2) is 0 Å².